The van der Waals surface area contributed by atoms with Gasteiger partial charge in [0.2, 0.25) is 5.12 Å². The van der Waals surface area contributed by atoms with Gasteiger partial charge >= 0.3 is 8.80 Å². The number of hydrogen-bond acceptors (Lipinski definition) is 6. The molecule has 148 valence electrons. The van der Waals surface area contributed by atoms with Crippen LogP contribution in [0.5, 0.6) is 5.75 Å². The molecule has 0 aromatic heterocycles. The zero-order valence-corrected chi connectivity index (χ0v) is 18.2. The summed E-state index contributed by atoms with van der Waals surface area (Å²) >= 11 is 1.13. The first-order chi connectivity index (χ1) is 12.5. The van der Waals surface area contributed by atoms with Crippen molar-refractivity contribution in [3.05, 3.63) is 30.3 Å². The predicted molar refractivity (Wildman–Crippen MR) is 108 cm³/mol. The Bertz CT molecular complexity index is 494. The van der Waals surface area contributed by atoms with E-state index in [2.05, 4.69) is 6.92 Å². The molecule has 0 saturated carbocycles. The minimum atomic E-state index is -2.76. The van der Waals surface area contributed by atoms with Gasteiger partial charge in [0.15, 0.2) is 6.61 Å². The third kappa shape index (κ3) is 9.18. The van der Waals surface area contributed by atoms with Crippen molar-refractivity contribution < 1.29 is 22.8 Å². The largest absolute Gasteiger partial charge is 0.501 e. The van der Waals surface area contributed by atoms with Crippen molar-refractivity contribution in [2.45, 2.75) is 58.4 Å². The van der Waals surface area contributed by atoms with Crippen LogP contribution in [0, 0.1) is 0 Å². The molecular weight excluding hydrogens is 368 g/mol. The number of ether oxygens (including phenoxy) is 1. The quantitative estimate of drug-likeness (QED) is 0.252. The van der Waals surface area contributed by atoms with Crippen LogP contribution >= 0.6 is 11.8 Å². The number of carbonyl (C=O) groups is 1. The summed E-state index contributed by atoms with van der Waals surface area (Å²) in [7, 11) is -2.76. The normalized spacial score (nSPS) is 12.8. The first kappa shape index (κ1) is 23.2. The molecule has 1 rings (SSSR count). The van der Waals surface area contributed by atoms with E-state index in [1.165, 1.54) is 0 Å². The second kappa shape index (κ2) is 13.3. The number of benzene rings is 1. The molecule has 0 spiro atoms. The van der Waals surface area contributed by atoms with Crippen LogP contribution in [0.3, 0.4) is 0 Å². The highest BCUT2D eigenvalue weighted by Crippen LogP contribution is 2.26. The number of unbranched alkanes of at least 4 members (excludes halogenated alkanes) is 2. The molecule has 7 heteroatoms. The molecule has 1 aromatic carbocycles. The van der Waals surface area contributed by atoms with E-state index in [9.17, 15) is 4.79 Å². The Balaban J connectivity index is 2.54. The van der Waals surface area contributed by atoms with E-state index in [4.69, 9.17) is 18.0 Å². The lowest BCUT2D eigenvalue weighted by Crippen LogP contribution is -2.47. The Morgan fingerprint density at radius 2 is 1.73 bits per heavy atom. The van der Waals surface area contributed by atoms with Crippen LogP contribution in [0.25, 0.3) is 0 Å². The number of hydrogen-bond donors (Lipinski definition) is 0. The van der Waals surface area contributed by atoms with E-state index in [1.54, 1.807) is 0 Å². The summed E-state index contributed by atoms with van der Waals surface area (Å²) in [6, 6.07) is 10.1. The van der Waals surface area contributed by atoms with Gasteiger partial charge in [-0.3, -0.25) is 4.79 Å². The first-order valence-corrected chi connectivity index (χ1v) is 12.2. The Morgan fingerprint density at radius 1 is 1.08 bits per heavy atom. The van der Waals surface area contributed by atoms with Crippen LogP contribution in [0.2, 0.25) is 6.04 Å². The molecule has 1 unspecified atom stereocenters. The Labute approximate surface area is 163 Å². The molecule has 0 fully saturated rings. The van der Waals surface area contributed by atoms with Gasteiger partial charge in [-0.05, 0) is 39.3 Å². The lowest BCUT2D eigenvalue weighted by molar-refractivity contribution is -0.112. The number of thioether (sulfide) groups is 1. The maximum Gasteiger partial charge on any atom is 0.501 e. The molecule has 0 aliphatic carbocycles. The zero-order valence-electron chi connectivity index (χ0n) is 16.4. The number of para-hydroxylation sites is 1. The lowest BCUT2D eigenvalue weighted by Gasteiger charge is -2.31. The third-order valence-electron chi connectivity index (χ3n) is 3.56. The van der Waals surface area contributed by atoms with Crippen molar-refractivity contribution in [3.8, 4) is 5.75 Å². The van der Waals surface area contributed by atoms with Crippen molar-refractivity contribution in [3.63, 3.8) is 0 Å². The molecule has 1 atom stereocenters. The average Bonchev–Trinajstić information content (AvgIpc) is 2.61. The van der Waals surface area contributed by atoms with Gasteiger partial charge in [-0.15, -0.1) is 0 Å². The summed E-state index contributed by atoms with van der Waals surface area (Å²) in [6.07, 6.45) is 3.25. The minimum Gasteiger partial charge on any atom is -0.485 e. The van der Waals surface area contributed by atoms with Gasteiger partial charge in [0.25, 0.3) is 0 Å². The van der Waals surface area contributed by atoms with Gasteiger partial charge in [0.05, 0.1) is 0 Å². The fraction of sp³-hybridized carbons (Fsp3) is 0.632. The second-order valence-corrected chi connectivity index (χ2v) is 9.82. The van der Waals surface area contributed by atoms with Gasteiger partial charge in [0.1, 0.15) is 11.2 Å². The molecule has 0 aliphatic rings. The predicted octanol–water partition coefficient (Wildman–Crippen LogP) is 4.89. The van der Waals surface area contributed by atoms with E-state index >= 15 is 0 Å². The van der Waals surface area contributed by atoms with Gasteiger partial charge in [-0.1, -0.05) is 49.7 Å². The SMILES string of the molecule is CCCCC[Si](OCC)(OCC)OC(C)SC(=O)COc1ccccc1. The number of carbonyl (C=O) groups excluding carboxylic acids is 1. The van der Waals surface area contributed by atoms with Crippen LogP contribution in [0.1, 0.15) is 47.0 Å². The molecule has 0 heterocycles. The first-order valence-electron chi connectivity index (χ1n) is 9.38. The number of rotatable bonds is 14. The molecule has 1 aromatic rings. The van der Waals surface area contributed by atoms with Crippen LogP contribution in [-0.2, 0) is 18.1 Å². The average molecular weight is 401 g/mol. The fourth-order valence-electron chi connectivity index (χ4n) is 2.50. The van der Waals surface area contributed by atoms with Crippen molar-refractivity contribution in [2.24, 2.45) is 0 Å². The van der Waals surface area contributed by atoms with Crippen LogP contribution < -0.4 is 4.74 Å². The summed E-state index contributed by atoms with van der Waals surface area (Å²) in [5.41, 5.74) is -0.340. The van der Waals surface area contributed by atoms with Crippen LogP contribution in [0.4, 0.5) is 0 Å². The highest BCUT2D eigenvalue weighted by Gasteiger charge is 2.42. The van der Waals surface area contributed by atoms with Crippen molar-refractivity contribution in [2.75, 3.05) is 19.8 Å². The van der Waals surface area contributed by atoms with Gasteiger partial charge < -0.3 is 18.0 Å². The molecule has 0 amide bonds. The highest BCUT2D eigenvalue weighted by atomic mass is 32.2. The zero-order chi connectivity index (χ0) is 19.3. The monoisotopic (exact) mass is 400 g/mol. The standard InChI is InChI=1S/C19H32O5SSi/c1-5-8-12-15-26(22-6-2,23-7-3)24-17(4)25-19(20)16-21-18-13-10-9-11-14-18/h9-11,13-14,17H,5-8,12,15-16H2,1-4H3. The van der Waals surface area contributed by atoms with Gasteiger partial charge in [-0.25, -0.2) is 0 Å². The van der Waals surface area contributed by atoms with Crippen molar-refractivity contribution >= 4 is 25.7 Å². The molecule has 0 aliphatic heterocycles. The van der Waals surface area contributed by atoms with Gasteiger partial charge in [0, 0.05) is 19.3 Å². The van der Waals surface area contributed by atoms with Crippen LogP contribution in [-0.4, -0.2) is 39.2 Å². The molecule has 26 heavy (non-hydrogen) atoms. The summed E-state index contributed by atoms with van der Waals surface area (Å²) in [6.45, 7) is 9.01. The molecule has 0 radical (unpaired) electrons. The molecule has 0 bridgehead atoms. The Hall–Kier alpha value is -0.863. The highest BCUT2D eigenvalue weighted by molar-refractivity contribution is 8.14. The fourth-order valence-corrected chi connectivity index (χ4v) is 6.32. The maximum absolute atomic E-state index is 12.2. The third-order valence-corrected chi connectivity index (χ3v) is 7.67. The van der Waals surface area contributed by atoms with Crippen molar-refractivity contribution in [1.82, 2.24) is 0 Å². The molecule has 5 nitrogen and oxygen atoms in total. The summed E-state index contributed by atoms with van der Waals surface area (Å²) in [5, 5.41) is -0.0780. The topological polar surface area (TPSA) is 54.0 Å². The summed E-state index contributed by atoms with van der Waals surface area (Å²) < 4.78 is 23.5. The van der Waals surface area contributed by atoms with Crippen molar-refractivity contribution in [1.29, 1.82) is 0 Å². The van der Waals surface area contributed by atoms with Crippen LogP contribution in [0.15, 0.2) is 30.3 Å². The lowest BCUT2D eigenvalue weighted by atomic mass is 10.3. The maximum atomic E-state index is 12.2. The van der Waals surface area contributed by atoms with E-state index in [0.29, 0.717) is 19.0 Å². The second-order valence-electron chi connectivity index (χ2n) is 5.78. The van der Waals surface area contributed by atoms with Gasteiger partial charge in [-0.2, -0.15) is 0 Å². The van der Waals surface area contributed by atoms with E-state index < -0.39 is 8.80 Å². The van der Waals surface area contributed by atoms with E-state index in [0.717, 1.165) is 37.1 Å². The summed E-state index contributed by atoms with van der Waals surface area (Å²) in [4.78, 5) is 12.2. The minimum absolute atomic E-state index is 0.00996. The van der Waals surface area contributed by atoms with E-state index in [1.807, 2.05) is 51.1 Å². The molecule has 0 N–H and O–H groups in total. The Kier molecular flexibility index (Phi) is 11.9. The molecular formula is C19H32O5SSi. The smallest absolute Gasteiger partial charge is 0.485 e. The molecule has 0 saturated heterocycles. The summed E-state index contributed by atoms with van der Waals surface area (Å²) in [5.74, 6) is 0.682. The van der Waals surface area contributed by atoms with E-state index in [-0.39, 0.29) is 17.2 Å². The Morgan fingerprint density at radius 3 is 2.31 bits per heavy atom.